The lowest BCUT2D eigenvalue weighted by Gasteiger charge is -2.28. The molecule has 1 N–H and O–H groups in total. The van der Waals surface area contributed by atoms with Gasteiger partial charge in [-0.25, -0.2) is 0 Å². The zero-order valence-electron chi connectivity index (χ0n) is 15.1. The van der Waals surface area contributed by atoms with Gasteiger partial charge in [0, 0.05) is 21.8 Å². The molecule has 0 fully saturated rings. The van der Waals surface area contributed by atoms with Crippen LogP contribution in [0.1, 0.15) is 59.1 Å². The van der Waals surface area contributed by atoms with Crippen molar-refractivity contribution in [3.8, 4) is 5.75 Å². The van der Waals surface area contributed by atoms with Gasteiger partial charge in [-0.15, -0.1) is 0 Å². The third-order valence-corrected chi connectivity index (χ3v) is 5.02. The first-order valence-corrected chi connectivity index (χ1v) is 9.03. The van der Waals surface area contributed by atoms with Crippen molar-refractivity contribution in [3.63, 3.8) is 0 Å². The molecule has 1 atom stereocenters. The van der Waals surface area contributed by atoms with E-state index in [0.717, 1.165) is 11.1 Å². The predicted molar refractivity (Wildman–Crippen MR) is 93.4 cm³/mol. The van der Waals surface area contributed by atoms with Crippen LogP contribution in [0, 0.1) is 0 Å². The molecule has 1 unspecified atom stereocenters. The van der Waals surface area contributed by atoms with Crippen LogP contribution in [0.25, 0.3) is 0 Å². The Bertz CT molecular complexity index is 571. The fourth-order valence-corrected chi connectivity index (χ4v) is 3.37. The average molecular weight is 340 g/mol. The highest BCUT2D eigenvalue weighted by molar-refractivity contribution is 7.85. The molecule has 130 valence electrons. The molecule has 0 bridgehead atoms. The van der Waals surface area contributed by atoms with Gasteiger partial charge in [0.1, 0.15) is 5.75 Å². The number of phenolic OH excluding ortho intramolecular Hbond substituents is 1. The number of esters is 1. The van der Waals surface area contributed by atoms with Crippen LogP contribution in [0.2, 0.25) is 0 Å². The van der Waals surface area contributed by atoms with E-state index in [-0.39, 0.29) is 34.7 Å². The second-order valence-corrected chi connectivity index (χ2v) is 9.31. The largest absolute Gasteiger partial charge is 0.507 e. The Balaban J connectivity index is 3.33. The summed E-state index contributed by atoms with van der Waals surface area (Å²) < 4.78 is 17.2. The normalized spacial score (nSPS) is 13.7. The first-order chi connectivity index (χ1) is 10.4. The molecule has 23 heavy (non-hydrogen) atoms. The lowest BCUT2D eigenvalue weighted by molar-refractivity contribution is -0.140. The maximum absolute atomic E-state index is 12.6. The molecule has 0 aliphatic rings. The van der Waals surface area contributed by atoms with Crippen molar-refractivity contribution in [1.82, 2.24) is 0 Å². The molecule has 0 spiro atoms. The van der Waals surface area contributed by atoms with Gasteiger partial charge in [0.15, 0.2) is 0 Å². The molecule has 0 amide bonds. The van der Waals surface area contributed by atoms with E-state index in [9.17, 15) is 14.1 Å². The fraction of sp³-hybridized carbons (Fsp3) is 0.611. The zero-order chi connectivity index (χ0) is 18.0. The Morgan fingerprint density at radius 3 is 1.87 bits per heavy atom. The van der Waals surface area contributed by atoms with E-state index in [1.807, 2.05) is 41.5 Å². The Kier molecular flexibility index (Phi) is 6.02. The highest BCUT2D eigenvalue weighted by Gasteiger charge is 2.27. The van der Waals surface area contributed by atoms with E-state index in [2.05, 4.69) is 4.74 Å². The number of carbonyl (C=O) groups is 1. The van der Waals surface area contributed by atoms with Crippen LogP contribution < -0.4 is 0 Å². The summed E-state index contributed by atoms with van der Waals surface area (Å²) in [6, 6.07) is 3.58. The van der Waals surface area contributed by atoms with Crippen LogP contribution in [0.4, 0.5) is 0 Å². The molecule has 0 saturated carbocycles. The van der Waals surface area contributed by atoms with Crippen molar-refractivity contribution in [2.45, 2.75) is 63.7 Å². The molecule has 0 aliphatic heterocycles. The van der Waals surface area contributed by atoms with Gasteiger partial charge in [-0.3, -0.25) is 9.00 Å². The summed E-state index contributed by atoms with van der Waals surface area (Å²) in [7, 11) is 0.00467. The number of carbonyl (C=O) groups excluding carboxylic acids is 1. The van der Waals surface area contributed by atoms with Gasteiger partial charge in [0.2, 0.25) is 0 Å². The monoisotopic (exact) mass is 340 g/mol. The Hall–Kier alpha value is -1.36. The van der Waals surface area contributed by atoms with Crippen molar-refractivity contribution in [2.75, 3.05) is 12.9 Å². The van der Waals surface area contributed by atoms with Gasteiger partial charge in [-0.05, 0) is 23.0 Å². The van der Waals surface area contributed by atoms with E-state index >= 15 is 0 Å². The van der Waals surface area contributed by atoms with Crippen molar-refractivity contribution in [2.24, 2.45) is 0 Å². The predicted octanol–water partition coefficient (Wildman–Crippen LogP) is 3.66. The molecule has 5 heteroatoms. The lowest BCUT2D eigenvalue weighted by Crippen LogP contribution is -2.18. The lowest BCUT2D eigenvalue weighted by atomic mass is 9.79. The SMILES string of the molecule is COC(=O)CCS(=O)c1cc(C(C)(C)C)c(O)c(C(C)(C)C)c1. The molecule has 0 radical (unpaired) electrons. The summed E-state index contributed by atoms with van der Waals surface area (Å²) in [5.74, 6) is 0.105. The number of hydrogen-bond donors (Lipinski definition) is 1. The quantitative estimate of drug-likeness (QED) is 0.850. The van der Waals surface area contributed by atoms with E-state index in [4.69, 9.17) is 0 Å². The Morgan fingerprint density at radius 2 is 1.52 bits per heavy atom. The summed E-state index contributed by atoms with van der Waals surface area (Å²) >= 11 is 0. The minimum atomic E-state index is -1.32. The van der Waals surface area contributed by atoms with Crippen molar-refractivity contribution in [3.05, 3.63) is 23.3 Å². The van der Waals surface area contributed by atoms with E-state index < -0.39 is 10.8 Å². The van der Waals surface area contributed by atoms with Crippen molar-refractivity contribution >= 4 is 16.8 Å². The van der Waals surface area contributed by atoms with Crippen LogP contribution in [-0.2, 0) is 31.2 Å². The molecular weight excluding hydrogens is 312 g/mol. The third-order valence-electron chi connectivity index (χ3n) is 3.68. The smallest absolute Gasteiger partial charge is 0.306 e. The molecule has 0 aliphatic carbocycles. The van der Waals surface area contributed by atoms with Gasteiger partial charge in [0.25, 0.3) is 0 Å². The number of methoxy groups -OCH3 is 1. The highest BCUT2D eigenvalue weighted by Crippen LogP contribution is 2.40. The number of benzene rings is 1. The average Bonchev–Trinajstić information content (AvgIpc) is 2.41. The molecule has 1 aromatic rings. The minimum Gasteiger partial charge on any atom is -0.507 e. The maximum Gasteiger partial charge on any atom is 0.306 e. The summed E-state index contributed by atoms with van der Waals surface area (Å²) in [5, 5.41) is 10.6. The Labute approximate surface area is 141 Å². The first-order valence-electron chi connectivity index (χ1n) is 7.71. The molecule has 1 rings (SSSR count). The summed E-state index contributed by atoms with van der Waals surface area (Å²) in [5.41, 5.74) is 0.997. The molecule has 1 aromatic carbocycles. The first kappa shape index (κ1) is 19.7. The summed E-state index contributed by atoms with van der Waals surface area (Å²) in [6.45, 7) is 12.1. The number of aromatic hydroxyl groups is 1. The van der Waals surface area contributed by atoms with Gasteiger partial charge in [-0.2, -0.15) is 0 Å². The Morgan fingerprint density at radius 1 is 1.09 bits per heavy atom. The standard InChI is InChI=1S/C18H28O4S/c1-17(2,3)13-10-12(23(21)9-8-15(19)22-7)11-14(16(13)20)18(4,5)6/h10-11,20H,8-9H2,1-7H3. The maximum atomic E-state index is 12.6. The minimum absolute atomic E-state index is 0.111. The fourth-order valence-electron chi connectivity index (χ4n) is 2.28. The van der Waals surface area contributed by atoms with Gasteiger partial charge >= 0.3 is 5.97 Å². The number of phenols is 1. The van der Waals surface area contributed by atoms with E-state index in [0.29, 0.717) is 4.90 Å². The highest BCUT2D eigenvalue weighted by atomic mass is 32.2. The number of rotatable bonds is 4. The molecule has 0 saturated heterocycles. The van der Waals surface area contributed by atoms with Crippen LogP contribution >= 0.6 is 0 Å². The van der Waals surface area contributed by atoms with Crippen LogP contribution in [0.5, 0.6) is 5.75 Å². The zero-order valence-corrected chi connectivity index (χ0v) is 16.0. The third kappa shape index (κ3) is 5.06. The molecule has 0 aromatic heterocycles. The molecule has 4 nitrogen and oxygen atoms in total. The van der Waals surface area contributed by atoms with Crippen LogP contribution in [0.3, 0.4) is 0 Å². The number of ether oxygens (including phenoxy) is 1. The van der Waals surface area contributed by atoms with Crippen LogP contribution in [0.15, 0.2) is 17.0 Å². The summed E-state index contributed by atoms with van der Waals surface area (Å²) in [4.78, 5) is 11.9. The topological polar surface area (TPSA) is 63.6 Å². The molecular formula is C18H28O4S. The van der Waals surface area contributed by atoms with Crippen LogP contribution in [-0.4, -0.2) is 28.1 Å². The van der Waals surface area contributed by atoms with Gasteiger partial charge < -0.3 is 9.84 Å². The molecule has 0 heterocycles. The van der Waals surface area contributed by atoms with E-state index in [1.165, 1.54) is 7.11 Å². The van der Waals surface area contributed by atoms with Gasteiger partial charge in [0.05, 0.1) is 24.3 Å². The number of hydrogen-bond acceptors (Lipinski definition) is 4. The second-order valence-electron chi connectivity index (χ2n) is 7.74. The van der Waals surface area contributed by atoms with Gasteiger partial charge in [-0.1, -0.05) is 41.5 Å². The van der Waals surface area contributed by atoms with E-state index in [1.54, 1.807) is 12.1 Å². The van der Waals surface area contributed by atoms with Crippen molar-refractivity contribution < 1.29 is 18.8 Å². The second kappa shape index (κ2) is 7.04. The summed E-state index contributed by atoms with van der Waals surface area (Å²) in [6.07, 6.45) is 0.111. The van der Waals surface area contributed by atoms with Crippen molar-refractivity contribution in [1.29, 1.82) is 0 Å².